The molecule has 0 radical (unpaired) electrons. The fraction of sp³-hybridized carbons (Fsp3) is 0.333. The lowest BCUT2D eigenvalue weighted by atomic mass is 9.94. The Labute approximate surface area is 116 Å². The average molecular weight is 253 g/mol. The molecule has 0 saturated carbocycles. The summed E-state index contributed by atoms with van der Waals surface area (Å²) >= 11 is 0. The van der Waals surface area contributed by atoms with Gasteiger partial charge in [0.1, 0.15) is 0 Å². The molecule has 0 atom stereocenters. The summed E-state index contributed by atoms with van der Waals surface area (Å²) in [4.78, 5) is 0. The Hall–Kier alpha value is -1.60. The van der Waals surface area contributed by atoms with Crippen molar-refractivity contribution in [2.45, 2.75) is 33.7 Å². The zero-order valence-corrected chi connectivity index (χ0v) is 12.2. The maximum atomic E-state index is 3.50. The van der Waals surface area contributed by atoms with Crippen LogP contribution < -0.4 is 5.32 Å². The minimum absolute atomic E-state index is 0.942. The van der Waals surface area contributed by atoms with E-state index in [0.29, 0.717) is 0 Å². The summed E-state index contributed by atoms with van der Waals surface area (Å²) in [6.45, 7) is 8.55. The van der Waals surface area contributed by atoms with E-state index in [-0.39, 0.29) is 0 Å². The molecule has 1 heteroatoms. The van der Waals surface area contributed by atoms with Crippen LogP contribution >= 0.6 is 0 Å². The minimum atomic E-state index is 0.942. The molecule has 0 bridgehead atoms. The Bertz CT molecular complexity index is 543. The van der Waals surface area contributed by atoms with Crippen LogP contribution in [0.15, 0.2) is 42.5 Å². The monoisotopic (exact) mass is 253 g/mol. The summed E-state index contributed by atoms with van der Waals surface area (Å²) in [7, 11) is 0. The van der Waals surface area contributed by atoms with Gasteiger partial charge in [-0.3, -0.25) is 0 Å². The molecule has 0 spiro atoms. The van der Waals surface area contributed by atoms with Gasteiger partial charge in [0, 0.05) is 6.54 Å². The van der Waals surface area contributed by atoms with Crippen molar-refractivity contribution < 1.29 is 0 Å². The predicted molar refractivity (Wildman–Crippen MR) is 83.3 cm³/mol. The van der Waals surface area contributed by atoms with E-state index >= 15 is 0 Å². The molecule has 19 heavy (non-hydrogen) atoms. The zero-order valence-electron chi connectivity index (χ0n) is 12.2. The van der Waals surface area contributed by atoms with Crippen molar-refractivity contribution in [3.8, 4) is 11.1 Å². The van der Waals surface area contributed by atoms with Crippen molar-refractivity contribution in [2.75, 3.05) is 6.54 Å². The third-order valence-corrected chi connectivity index (χ3v) is 3.44. The van der Waals surface area contributed by atoms with E-state index in [4.69, 9.17) is 0 Å². The largest absolute Gasteiger partial charge is 0.313 e. The molecule has 0 unspecified atom stereocenters. The van der Waals surface area contributed by atoms with Crippen molar-refractivity contribution in [3.05, 3.63) is 59.2 Å². The standard InChI is InChI=1S/C18H23N/c1-4-11-19-13-16-10-9-14(2)12-18(16)17-8-6-5-7-15(17)3/h5-10,12,19H,4,11,13H2,1-3H3. The topological polar surface area (TPSA) is 12.0 Å². The highest BCUT2D eigenvalue weighted by atomic mass is 14.8. The lowest BCUT2D eigenvalue weighted by molar-refractivity contribution is 0.676. The van der Waals surface area contributed by atoms with Crippen molar-refractivity contribution in [2.24, 2.45) is 0 Å². The van der Waals surface area contributed by atoms with Gasteiger partial charge in [0.05, 0.1) is 0 Å². The average Bonchev–Trinajstić information content (AvgIpc) is 2.41. The first-order chi connectivity index (χ1) is 9.22. The van der Waals surface area contributed by atoms with Crippen molar-refractivity contribution >= 4 is 0 Å². The second-order valence-corrected chi connectivity index (χ2v) is 5.15. The predicted octanol–water partition coefficient (Wildman–Crippen LogP) is 4.47. The molecule has 0 saturated heterocycles. The zero-order chi connectivity index (χ0) is 13.7. The molecule has 0 fully saturated rings. The third-order valence-electron chi connectivity index (χ3n) is 3.44. The molecule has 0 aromatic heterocycles. The van der Waals surface area contributed by atoms with Crippen LogP contribution in [-0.2, 0) is 6.54 Å². The van der Waals surface area contributed by atoms with Crippen LogP contribution in [0.3, 0.4) is 0 Å². The summed E-state index contributed by atoms with van der Waals surface area (Å²) in [5, 5.41) is 3.50. The van der Waals surface area contributed by atoms with E-state index in [1.165, 1.54) is 34.2 Å². The van der Waals surface area contributed by atoms with Gasteiger partial charge in [0.2, 0.25) is 0 Å². The van der Waals surface area contributed by atoms with Gasteiger partial charge in [-0.25, -0.2) is 0 Å². The van der Waals surface area contributed by atoms with Gasteiger partial charge < -0.3 is 5.32 Å². The summed E-state index contributed by atoms with van der Waals surface area (Å²) in [5.74, 6) is 0. The Morgan fingerprint density at radius 2 is 1.74 bits per heavy atom. The highest BCUT2D eigenvalue weighted by molar-refractivity contribution is 5.71. The number of benzene rings is 2. The van der Waals surface area contributed by atoms with Crippen LogP contribution in [0.25, 0.3) is 11.1 Å². The van der Waals surface area contributed by atoms with E-state index in [1.807, 2.05) is 0 Å². The number of hydrogen-bond donors (Lipinski definition) is 1. The Morgan fingerprint density at radius 3 is 2.47 bits per heavy atom. The molecule has 0 aliphatic heterocycles. The van der Waals surface area contributed by atoms with E-state index < -0.39 is 0 Å². The van der Waals surface area contributed by atoms with Crippen LogP contribution in [0.4, 0.5) is 0 Å². The molecule has 1 nitrogen and oxygen atoms in total. The first-order valence-corrected chi connectivity index (χ1v) is 7.08. The molecule has 0 aliphatic rings. The molecule has 1 N–H and O–H groups in total. The lowest BCUT2D eigenvalue weighted by Gasteiger charge is -2.13. The highest BCUT2D eigenvalue weighted by Crippen LogP contribution is 2.27. The number of rotatable bonds is 5. The van der Waals surface area contributed by atoms with E-state index in [1.54, 1.807) is 0 Å². The van der Waals surface area contributed by atoms with Gasteiger partial charge >= 0.3 is 0 Å². The Kier molecular flexibility index (Phi) is 4.75. The number of hydrogen-bond acceptors (Lipinski definition) is 1. The van der Waals surface area contributed by atoms with E-state index in [9.17, 15) is 0 Å². The second kappa shape index (κ2) is 6.53. The molecular weight excluding hydrogens is 230 g/mol. The van der Waals surface area contributed by atoms with Gasteiger partial charge in [-0.15, -0.1) is 0 Å². The molecule has 2 aromatic rings. The fourth-order valence-electron chi connectivity index (χ4n) is 2.37. The molecule has 0 aliphatic carbocycles. The molecular formula is C18H23N. The van der Waals surface area contributed by atoms with E-state index in [2.05, 4.69) is 68.6 Å². The maximum absolute atomic E-state index is 3.50. The maximum Gasteiger partial charge on any atom is 0.0211 e. The van der Waals surface area contributed by atoms with Gasteiger partial charge in [-0.2, -0.15) is 0 Å². The van der Waals surface area contributed by atoms with Gasteiger partial charge in [-0.05, 0) is 49.1 Å². The highest BCUT2D eigenvalue weighted by Gasteiger charge is 2.07. The molecule has 2 rings (SSSR count). The Balaban J connectivity index is 2.37. The van der Waals surface area contributed by atoms with Crippen molar-refractivity contribution in [1.29, 1.82) is 0 Å². The summed E-state index contributed by atoms with van der Waals surface area (Å²) < 4.78 is 0. The summed E-state index contributed by atoms with van der Waals surface area (Å²) in [6, 6.07) is 15.4. The van der Waals surface area contributed by atoms with Crippen LogP contribution in [0.1, 0.15) is 30.0 Å². The molecule has 2 aromatic carbocycles. The van der Waals surface area contributed by atoms with Crippen LogP contribution in [0.5, 0.6) is 0 Å². The summed E-state index contributed by atoms with van der Waals surface area (Å²) in [5.41, 5.74) is 6.75. The molecule has 0 heterocycles. The first kappa shape index (κ1) is 13.8. The summed E-state index contributed by atoms with van der Waals surface area (Å²) in [6.07, 6.45) is 1.17. The van der Waals surface area contributed by atoms with Crippen LogP contribution in [-0.4, -0.2) is 6.54 Å². The first-order valence-electron chi connectivity index (χ1n) is 7.08. The smallest absolute Gasteiger partial charge is 0.0211 e. The third kappa shape index (κ3) is 3.45. The van der Waals surface area contributed by atoms with Gasteiger partial charge in [-0.1, -0.05) is 55.0 Å². The molecule has 100 valence electrons. The number of nitrogens with one attached hydrogen (secondary N) is 1. The van der Waals surface area contributed by atoms with Crippen LogP contribution in [0.2, 0.25) is 0 Å². The lowest BCUT2D eigenvalue weighted by Crippen LogP contribution is -2.14. The Morgan fingerprint density at radius 1 is 0.947 bits per heavy atom. The fourth-order valence-corrected chi connectivity index (χ4v) is 2.37. The quantitative estimate of drug-likeness (QED) is 0.775. The SMILES string of the molecule is CCCNCc1ccc(C)cc1-c1ccccc1C. The normalized spacial score (nSPS) is 10.7. The van der Waals surface area contributed by atoms with Crippen LogP contribution in [0, 0.1) is 13.8 Å². The minimum Gasteiger partial charge on any atom is -0.313 e. The van der Waals surface area contributed by atoms with Gasteiger partial charge in [0.25, 0.3) is 0 Å². The van der Waals surface area contributed by atoms with E-state index in [0.717, 1.165) is 13.1 Å². The van der Waals surface area contributed by atoms with Gasteiger partial charge in [0.15, 0.2) is 0 Å². The van der Waals surface area contributed by atoms with Crippen molar-refractivity contribution in [3.63, 3.8) is 0 Å². The second-order valence-electron chi connectivity index (χ2n) is 5.15. The molecule has 0 amide bonds. The van der Waals surface area contributed by atoms with Crippen molar-refractivity contribution in [1.82, 2.24) is 5.32 Å². The number of aryl methyl sites for hydroxylation is 2.